The van der Waals surface area contributed by atoms with Gasteiger partial charge in [0.2, 0.25) is 0 Å². The summed E-state index contributed by atoms with van der Waals surface area (Å²) in [4.78, 5) is 11.1. The van der Waals surface area contributed by atoms with Crippen LogP contribution in [0, 0.1) is 0 Å². The maximum Gasteiger partial charge on any atom is 0.337 e. The van der Waals surface area contributed by atoms with E-state index in [0.29, 0.717) is 5.56 Å². The summed E-state index contributed by atoms with van der Waals surface area (Å²) in [5.74, 6) is -0.962. The summed E-state index contributed by atoms with van der Waals surface area (Å²) in [6.07, 6.45) is -0.897. The largest absolute Gasteiger partial charge is 0.479 e. The zero-order chi connectivity index (χ0) is 11.5. The maximum absolute atomic E-state index is 11.1. The van der Waals surface area contributed by atoms with Gasteiger partial charge in [-0.1, -0.05) is 30.3 Å². The van der Waals surface area contributed by atoms with Gasteiger partial charge in [-0.15, -0.1) is 0 Å². The third-order valence-corrected chi connectivity index (χ3v) is 1.80. The van der Waals surface area contributed by atoms with Crippen LogP contribution in [0.25, 0.3) is 0 Å². The van der Waals surface area contributed by atoms with Crippen molar-refractivity contribution >= 4 is 5.97 Å². The van der Waals surface area contributed by atoms with Crippen molar-refractivity contribution in [2.45, 2.75) is 32.5 Å². The molecule has 0 bridgehead atoms. The Morgan fingerprint density at radius 2 is 1.80 bits per heavy atom. The van der Waals surface area contributed by atoms with E-state index in [1.807, 2.05) is 26.8 Å². The Bertz CT molecular complexity index is 324. The highest BCUT2D eigenvalue weighted by Crippen LogP contribution is 2.23. The number of carboxylic acid groups (broad SMARTS) is 1. The lowest BCUT2D eigenvalue weighted by molar-refractivity contribution is -0.160. The van der Waals surface area contributed by atoms with Crippen molar-refractivity contribution in [3.63, 3.8) is 0 Å². The van der Waals surface area contributed by atoms with Crippen LogP contribution in [0.4, 0.5) is 0 Å². The Morgan fingerprint density at radius 1 is 1.27 bits per heavy atom. The maximum atomic E-state index is 11.1. The Hall–Kier alpha value is -1.35. The Balaban J connectivity index is 2.90. The van der Waals surface area contributed by atoms with Crippen LogP contribution in [0.15, 0.2) is 30.3 Å². The van der Waals surface area contributed by atoms with Gasteiger partial charge >= 0.3 is 5.97 Å². The second kappa shape index (κ2) is 4.45. The summed E-state index contributed by atoms with van der Waals surface area (Å²) in [6.45, 7) is 5.52. The predicted molar refractivity (Wildman–Crippen MR) is 57.7 cm³/mol. The minimum atomic E-state index is -0.962. The lowest BCUT2D eigenvalue weighted by atomic mass is 10.1. The van der Waals surface area contributed by atoms with E-state index in [2.05, 4.69) is 0 Å². The molecule has 1 atom stereocenters. The van der Waals surface area contributed by atoms with Crippen LogP contribution in [0.5, 0.6) is 0 Å². The van der Waals surface area contributed by atoms with E-state index in [4.69, 9.17) is 9.84 Å². The molecule has 0 aliphatic heterocycles. The second-order valence-corrected chi connectivity index (χ2v) is 4.36. The highest BCUT2D eigenvalue weighted by atomic mass is 16.5. The van der Waals surface area contributed by atoms with Crippen LogP contribution < -0.4 is 0 Å². The normalized spacial score (nSPS) is 13.5. The summed E-state index contributed by atoms with van der Waals surface area (Å²) in [5.41, 5.74) is 0.193. The molecule has 1 aromatic rings. The van der Waals surface area contributed by atoms with Crippen LogP contribution in [-0.2, 0) is 9.53 Å². The van der Waals surface area contributed by atoms with Crippen molar-refractivity contribution in [3.05, 3.63) is 35.9 Å². The first-order valence-electron chi connectivity index (χ1n) is 4.86. The molecule has 0 saturated carbocycles. The predicted octanol–water partition coefficient (Wildman–Crippen LogP) is 2.63. The van der Waals surface area contributed by atoms with Crippen molar-refractivity contribution in [2.75, 3.05) is 0 Å². The highest BCUT2D eigenvalue weighted by molar-refractivity contribution is 5.74. The number of carboxylic acids is 1. The van der Waals surface area contributed by atoms with Crippen molar-refractivity contribution in [1.82, 2.24) is 0 Å². The van der Waals surface area contributed by atoms with Gasteiger partial charge in [0, 0.05) is 0 Å². The fraction of sp³-hybridized carbons (Fsp3) is 0.417. The summed E-state index contributed by atoms with van der Waals surface area (Å²) >= 11 is 0. The van der Waals surface area contributed by atoms with E-state index in [1.54, 1.807) is 24.3 Å². The number of ether oxygens (including phenoxy) is 1. The molecule has 0 spiro atoms. The SMILES string of the molecule is CC(C)(C)O[C@H](C(=O)O)c1ccccc1. The fourth-order valence-corrected chi connectivity index (χ4v) is 1.24. The van der Waals surface area contributed by atoms with Crippen LogP contribution in [0.3, 0.4) is 0 Å². The minimum absolute atomic E-state index is 0.473. The fourth-order valence-electron chi connectivity index (χ4n) is 1.24. The molecule has 1 N–H and O–H groups in total. The van der Waals surface area contributed by atoms with E-state index in [1.165, 1.54) is 0 Å². The summed E-state index contributed by atoms with van der Waals surface area (Å²) in [5, 5.41) is 9.07. The number of hydrogen-bond acceptors (Lipinski definition) is 2. The van der Waals surface area contributed by atoms with Gasteiger partial charge in [0.25, 0.3) is 0 Å². The van der Waals surface area contributed by atoms with Crippen LogP contribution in [-0.4, -0.2) is 16.7 Å². The lowest BCUT2D eigenvalue weighted by Gasteiger charge is -2.25. The topological polar surface area (TPSA) is 46.5 Å². The van der Waals surface area contributed by atoms with Crippen molar-refractivity contribution in [2.24, 2.45) is 0 Å². The molecule has 15 heavy (non-hydrogen) atoms. The zero-order valence-electron chi connectivity index (χ0n) is 9.23. The molecule has 0 fully saturated rings. The lowest BCUT2D eigenvalue weighted by Crippen LogP contribution is -2.27. The van der Waals surface area contributed by atoms with Crippen molar-refractivity contribution in [1.29, 1.82) is 0 Å². The Morgan fingerprint density at radius 3 is 2.20 bits per heavy atom. The van der Waals surface area contributed by atoms with Crippen LogP contribution in [0.1, 0.15) is 32.4 Å². The third-order valence-electron chi connectivity index (χ3n) is 1.80. The number of rotatable bonds is 3. The number of hydrogen-bond donors (Lipinski definition) is 1. The molecule has 0 heterocycles. The molecule has 3 nitrogen and oxygen atoms in total. The average Bonchev–Trinajstić information content (AvgIpc) is 2.14. The summed E-state index contributed by atoms with van der Waals surface area (Å²) < 4.78 is 5.49. The van der Waals surface area contributed by atoms with E-state index < -0.39 is 17.7 Å². The molecular weight excluding hydrogens is 192 g/mol. The Labute approximate surface area is 89.7 Å². The molecule has 1 aromatic carbocycles. The average molecular weight is 208 g/mol. The van der Waals surface area contributed by atoms with Gasteiger partial charge in [-0.3, -0.25) is 0 Å². The monoisotopic (exact) mass is 208 g/mol. The molecular formula is C12H16O3. The number of carbonyl (C=O) groups is 1. The molecule has 0 aliphatic rings. The van der Waals surface area contributed by atoms with E-state index in [0.717, 1.165) is 0 Å². The number of benzene rings is 1. The van der Waals surface area contributed by atoms with Crippen LogP contribution >= 0.6 is 0 Å². The summed E-state index contributed by atoms with van der Waals surface area (Å²) in [7, 11) is 0. The van der Waals surface area contributed by atoms with Gasteiger partial charge in [0.1, 0.15) is 0 Å². The first-order chi connectivity index (χ1) is 6.90. The van der Waals surface area contributed by atoms with Crippen molar-refractivity contribution in [3.8, 4) is 0 Å². The summed E-state index contributed by atoms with van der Waals surface area (Å²) in [6, 6.07) is 8.96. The van der Waals surface area contributed by atoms with Crippen molar-refractivity contribution < 1.29 is 14.6 Å². The molecule has 0 amide bonds. The van der Waals surface area contributed by atoms with E-state index in [9.17, 15) is 4.79 Å². The molecule has 1 rings (SSSR count). The zero-order valence-corrected chi connectivity index (χ0v) is 9.23. The van der Waals surface area contributed by atoms with E-state index >= 15 is 0 Å². The van der Waals surface area contributed by atoms with E-state index in [-0.39, 0.29) is 0 Å². The molecule has 82 valence electrons. The molecule has 0 unspecified atom stereocenters. The first-order valence-corrected chi connectivity index (χ1v) is 4.86. The van der Waals surface area contributed by atoms with Gasteiger partial charge < -0.3 is 9.84 Å². The molecule has 0 aromatic heterocycles. The second-order valence-electron chi connectivity index (χ2n) is 4.36. The molecule has 0 aliphatic carbocycles. The van der Waals surface area contributed by atoms with Gasteiger partial charge in [0.15, 0.2) is 6.10 Å². The molecule has 3 heteroatoms. The number of aliphatic carboxylic acids is 1. The van der Waals surface area contributed by atoms with Crippen LogP contribution in [0.2, 0.25) is 0 Å². The first kappa shape index (κ1) is 11.7. The third kappa shape index (κ3) is 3.72. The Kier molecular flexibility index (Phi) is 3.48. The molecule has 0 radical (unpaired) electrons. The molecule has 0 saturated heterocycles. The minimum Gasteiger partial charge on any atom is -0.479 e. The highest BCUT2D eigenvalue weighted by Gasteiger charge is 2.26. The smallest absolute Gasteiger partial charge is 0.337 e. The van der Waals surface area contributed by atoms with Gasteiger partial charge in [-0.25, -0.2) is 4.79 Å². The standard InChI is InChI=1S/C12H16O3/c1-12(2,3)15-10(11(13)14)9-7-5-4-6-8-9/h4-8,10H,1-3H3,(H,13,14)/t10-/m0/s1. The quantitative estimate of drug-likeness (QED) is 0.830. The van der Waals surface area contributed by atoms with Gasteiger partial charge in [-0.2, -0.15) is 0 Å². The van der Waals surface area contributed by atoms with Gasteiger partial charge in [-0.05, 0) is 26.3 Å². The van der Waals surface area contributed by atoms with Gasteiger partial charge in [0.05, 0.1) is 5.60 Å².